The van der Waals surface area contributed by atoms with Gasteiger partial charge in [0, 0.05) is 12.6 Å². The second kappa shape index (κ2) is 7.43. The topological polar surface area (TPSA) is 31.6 Å². The van der Waals surface area contributed by atoms with Crippen molar-refractivity contribution in [1.29, 1.82) is 0 Å². The first-order valence-electron chi connectivity index (χ1n) is 8.60. The lowest BCUT2D eigenvalue weighted by Crippen LogP contribution is -2.36. The van der Waals surface area contributed by atoms with E-state index in [1.807, 2.05) is 0 Å². The normalized spacial score (nSPS) is 24.1. The monoisotopic (exact) mass is 291 g/mol. The first-order valence-corrected chi connectivity index (χ1v) is 8.60. The Kier molecular flexibility index (Phi) is 5.33. The molecule has 21 heavy (non-hydrogen) atoms. The first-order chi connectivity index (χ1) is 10.3. The third-order valence-electron chi connectivity index (χ3n) is 4.71. The van der Waals surface area contributed by atoms with Crippen LogP contribution in [0, 0.1) is 0 Å². The van der Waals surface area contributed by atoms with Crippen molar-refractivity contribution in [2.75, 3.05) is 32.7 Å². The Balaban J connectivity index is 1.51. The van der Waals surface area contributed by atoms with Crippen LogP contribution in [0.5, 0.6) is 0 Å². The first kappa shape index (κ1) is 15.1. The molecule has 3 rings (SSSR count). The minimum absolute atomic E-state index is 0.785. The number of nitrogens with zero attached hydrogens (tertiary/aromatic N) is 2. The standard InChI is InChI=1S/C17H29N3O/c1-2-8-18-12-16-6-7-17(21-16)14-19-9-4-11-20-10-3-5-15(20)13-19/h6-7,15,18H,2-5,8-14H2,1H3. The highest BCUT2D eigenvalue weighted by atomic mass is 16.3. The van der Waals surface area contributed by atoms with Gasteiger partial charge in [-0.05, 0) is 64.0 Å². The Bertz CT molecular complexity index is 431. The zero-order valence-corrected chi connectivity index (χ0v) is 13.3. The maximum absolute atomic E-state index is 5.97. The third-order valence-corrected chi connectivity index (χ3v) is 4.71. The van der Waals surface area contributed by atoms with E-state index in [2.05, 4.69) is 34.2 Å². The molecule has 4 nitrogen and oxygen atoms in total. The average molecular weight is 291 g/mol. The van der Waals surface area contributed by atoms with E-state index in [1.54, 1.807) is 0 Å². The summed E-state index contributed by atoms with van der Waals surface area (Å²) in [6, 6.07) is 5.06. The predicted molar refractivity (Wildman–Crippen MR) is 85.2 cm³/mol. The molecule has 0 amide bonds. The summed E-state index contributed by atoms with van der Waals surface area (Å²) in [4.78, 5) is 5.26. The van der Waals surface area contributed by atoms with Crippen molar-refractivity contribution in [3.05, 3.63) is 23.7 Å². The highest BCUT2D eigenvalue weighted by Gasteiger charge is 2.28. The molecule has 0 radical (unpaired) electrons. The molecule has 118 valence electrons. The van der Waals surface area contributed by atoms with Crippen molar-refractivity contribution in [3.8, 4) is 0 Å². The minimum Gasteiger partial charge on any atom is -0.463 e. The van der Waals surface area contributed by atoms with Crippen LogP contribution in [0.3, 0.4) is 0 Å². The Labute approximate surface area is 128 Å². The summed E-state index contributed by atoms with van der Waals surface area (Å²) in [5.74, 6) is 2.19. The molecule has 2 aliphatic heterocycles. The fourth-order valence-electron chi connectivity index (χ4n) is 3.64. The van der Waals surface area contributed by atoms with Crippen molar-refractivity contribution >= 4 is 0 Å². The van der Waals surface area contributed by atoms with E-state index in [9.17, 15) is 0 Å². The zero-order valence-electron chi connectivity index (χ0n) is 13.3. The van der Waals surface area contributed by atoms with Crippen LogP contribution in [-0.2, 0) is 13.1 Å². The van der Waals surface area contributed by atoms with Crippen LogP contribution in [0.2, 0.25) is 0 Å². The quantitative estimate of drug-likeness (QED) is 0.816. The van der Waals surface area contributed by atoms with Gasteiger partial charge in [0.15, 0.2) is 0 Å². The van der Waals surface area contributed by atoms with Gasteiger partial charge in [0.2, 0.25) is 0 Å². The van der Waals surface area contributed by atoms with E-state index < -0.39 is 0 Å². The van der Waals surface area contributed by atoms with E-state index in [-0.39, 0.29) is 0 Å². The molecule has 1 atom stereocenters. The molecule has 2 fully saturated rings. The Morgan fingerprint density at radius 1 is 1.19 bits per heavy atom. The number of nitrogens with one attached hydrogen (secondary N) is 1. The van der Waals surface area contributed by atoms with Crippen molar-refractivity contribution < 1.29 is 4.42 Å². The number of fused-ring (bicyclic) bond motifs is 1. The molecule has 1 aromatic rings. The fraction of sp³-hybridized carbons (Fsp3) is 0.765. The molecule has 0 saturated carbocycles. The lowest BCUT2D eigenvalue weighted by molar-refractivity contribution is 0.204. The number of hydrogen-bond acceptors (Lipinski definition) is 4. The number of furan rings is 1. The largest absolute Gasteiger partial charge is 0.463 e. The second-order valence-electron chi connectivity index (χ2n) is 6.47. The van der Waals surface area contributed by atoms with Crippen LogP contribution >= 0.6 is 0 Å². The van der Waals surface area contributed by atoms with Crippen LogP contribution < -0.4 is 5.32 Å². The van der Waals surface area contributed by atoms with E-state index in [0.717, 1.165) is 37.2 Å². The maximum Gasteiger partial charge on any atom is 0.118 e. The van der Waals surface area contributed by atoms with E-state index in [0.29, 0.717) is 0 Å². The van der Waals surface area contributed by atoms with Gasteiger partial charge < -0.3 is 9.73 Å². The van der Waals surface area contributed by atoms with Crippen LogP contribution in [0.4, 0.5) is 0 Å². The Morgan fingerprint density at radius 2 is 2.05 bits per heavy atom. The fourth-order valence-corrected chi connectivity index (χ4v) is 3.64. The summed E-state index contributed by atoms with van der Waals surface area (Å²) >= 11 is 0. The van der Waals surface area contributed by atoms with Gasteiger partial charge in [-0.1, -0.05) is 6.92 Å². The van der Waals surface area contributed by atoms with Crippen LogP contribution in [0.25, 0.3) is 0 Å². The minimum atomic E-state index is 0.785. The van der Waals surface area contributed by atoms with Gasteiger partial charge in [0.1, 0.15) is 11.5 Å². The van der Waals surface area contributed by atoms with Crippen molar-refractivity contribution in [1.82, 2.24) is 15.1 Å². The number of rotatable bonds is 6. The molecule has 0 aromatic carbocycles. The summed E-state index contributed by atoms with van der Waals surface area (Å²) in [5.41, 5.74) is 0. The molecule has 1 unspecified atom stereocenters. The van der Waals surface area contributed by atoms with Gasteiger partial charge in [0.05, 0.1) is 13.1 Å². The molecule has 0 spiro atoms. The predicted octanol–water partition coefficient (Wildman–Crippen LogP) is 2.45. The third kappa shape index (κ3) is 4.09. The zero-order chi connectivity index (χ0) is 14.5. The number of hydrogen-bond donors (Lipinski definition) is 1. The van der Waals surface area contributed by atoms with Gasteiger partial charge in [-0.25, -0.2) is 0 Å². The van der Waals surface area contributed by atoms with E-state index >= 15 is 0 Å². The lowest BCUT2D eigenvalue weighted by atomic mass is 10.2. The summed E-state index contributed by atoms with van der Waals surface area (Å²) in [6.07, 6.45) is 5.22. The Morgan fingerprint density at radius 3 is 2.95 bits per heavy atom. The van der Waals surface area contributed by atoms with Gasteiger partial charge in [-0.3, -0.25) is 9.80 Å². The molecule has 3 heterocycles. The van der Waals surface area contributed by atoms with Gasteiger partial charge in [0.25, 0.3) is 0 Å². The van der Waals surface area contributed by atoms with Crippen LogP contribution in [0.15, 0.2) is 16.5 Å². The van der Waals surface area contributed by atoms with E-state index in [4.69, 9.17) is 4.42 Å². The molecular formula is C17H29N3O. The van der Waals surface area contributed by atoms with Gasteiger partial charge >= 0.3 is 0 Å². The van der Waals surface area contributed by atoms with Crippen molar-refractivity contribution in [2.45, 2.75) is 51.7 Å². The molecule has 2 saturated heterocycles. The molecule has 1 aromatic heterocycles. The summed E-state index contributed by atoms with van der Waals surface area (Å²) in [7, 11) is 0. The lowest BCUT2D eigenvalue weighted by Gasteiger charge is -2.24. The van der Waals surface area contributed by atoms with Crippen molar-refractivity contribution in [3.63, 3.8) is 0 Å². The summed E-state index contributed by atoms with van der Waals surface area (Å²) in [5, 5.41) is 3.39. The summed E-state index contributed by atoms with van der Waals surface area (Å²) < 4.78 is 5.97. The highest BCUT2D eigenvalue weighted by Crippen LogP contribution is 2.22. The summed E-state index contributed by atoms with van der Waals surface area (Å²) in [6.45, 7) is 10.1. The smallest absolute Gasteiger partial charge is 0.118 e. The van der Waals surface area contributed by atoms with E-state index in [1.165, 1.54) is 51.9 Å². The molecule has 0 aliphatic carbocycles. The van der Waals surface area contributed by atoms with Crippen molar-refractivity contribution in [2.24, 2.45) is 0 Å². The SMILES string of the molecule is CCCNCc1ccc(CN2CCCN3CCCC3C2)o1. The molecule has 4 heteroatoms. The molecule has 1 N–H and O–H groups in total. The van der Waals surface area contributed by atoms with Crippen LogP contribution in [-0.4, -0.2) is 48.6 Å². The second-order valence-corrected chi connectivity index (χ2v) is 6.47. The molecule has 2 aliphatic rings. The van der Waals surface area contributed by atoms with Gasteiger partial charge in [-0.15, -0.1) is 0 Å². The van der Waals surface area contributed by atoms with Gasteiger partial charge in [-0.2, -0.15) is 0 Å². The van der Waals surface area contributed by atoms with Crippen LogP contribution in [0.1, 0.15) is 44.1 Å². The molecule has 0 bridgehead atoms. The average Bonchev–Trinajstić information content (AvgIpc) is 3.06. The molecular weight excluding hydrogens is 262 g/mol. The maximum atomic E-state index is 5.97. The Hall–Kier alpha value is -0.840. The highest BCUT2D eigenvalue weighted by molar-refractivity contribution is 5.07.